The lowest BCUT2D eigenvalue weighted by Gasteiger charge is -2.36. The smallest absolute Gasteiger partial charge is 0.153 e. The standard InChI is InChI=1S/C30H31N7/c1-19-24(11-9-22-10-12-25(34-26(19)22)21-7-3-2-4-8-21)27-28-29(31)32-18-33-37(28)30(35-27)23-15-20(16-23)17-36-13-5-6-14-36/h2-4,7-12,18,20,23H,5-6,13-17H2,1H3,(H2,31,32,33). The summed E-state index contributed by atoms with van der Waals surface area (Å²) in [7, 11) is 0. The fourth-order valence-corrected chi connectivity index (χ4v) is 6.21. The molecule has 0 atom stereocenters. The third kappa shape index (κ3) is 3.85. The van der Waals surface area contributed by atoms with Gasteiger partial charge < -0.3 is 10.6 Å². The molecule has 0 spiro atoms. The summed E-state index contributed by atoms with van der Waals surface area (Å²) in [4.78, 5) is 17.2. The molecule has 7 nitrogen and oxygen atoms in total. The summed E-state index contributed by atoms with van der Waals surface area (Å²) in [6.45, 7) is 5.84. The van der Waals surface area contributed by atoms with Crippen molar-refractivity contribution in [2.75, 3.05) is 25.4 Å². The Balaban J connectivity index is 1.28. The Morgan fingerprint density at radius 2 is 1.73 bits per heavy atom. The molecule has 5 aromatic rings. The zero-order valence-corrected chi connectivity index (χ0v) is 21.1. The molecular weight excluding hydrogens is 458 g/mol. The predicted octanol–water partition coefficient (Wildman–Crippen LogP) is 5.49. The van der Waals surface area contributed by atoms with E-state index < -0.39 is 0 Å². The summed E-state index contributed by atoms with van der Waals surface area (Å²) in [6, 6.07) is 18.8. The van der Waals surface area contributed by atoms with Crippen molar-refractivity contribution in [3.8, 4) is 22.5 Å². The normalized spacial score (nSPS) is 20.0. The molecule has 0 bridgehead atoms. The van der Waals surface area contributed by atoms with Crippen LogP contribution in [0.3, 0.4) is 0 Å². The second-order valence-corrected chi connectivity index (χ2v) is 10.6. The quantitative estimate of drug-likeness (QED) is 0.352. The topological polar surface area (TPSA) is 85.2 Å². The maximum atomic E-state index is 6.43. The number of nitrogens with zero attached hydrogens (tertiary/aromatic N) is 6. The fourth-order valence-electron chi connectivity index (χ4n) is 6.21. The molecule has 7 heteroatoms. The lowest BCUT2D eigenvalue weighted by molar-refractivity contribution is 0.175. The summed E-state index contributed by atoms with van der Waals surface area (Å²) in [5, 5.41) is 5.71. The Bertz CT molecular complexity index is 1600. The van der Waals surface area contributed by atoms with Crippen LogP contribution in [0.5, 0.6) is 0 Å². The van der Waals surface area contributed by atoms with E-state index in [1.165, 1.54) is 32.5 Å². The van der Waals surface area contributed by atoms with Gasteiger partial charge in [0.25, 0.3) is 0 Å². The van der Waals surface area contributed by atoms with E-state index in [4.69, 9.17) is 15.7 Å². The molecule has 2 aromatic carbocycles. The zero-order chi connectivity index (χ0) is 24.9. The second kappa shape index (κ2) is 8.92. The van der Waals surface area contributed by atoms with Crippen LogP contribution in [0.2, 0.25) is 0 Å². The molecule has 1 aliphatic heterocycles. The molecule has 2 aliphatic rings. The molecule has 7 rings (SSSR count). The highest BCUT2D eigenvalue weighted by molar-refractivity contribution is 5.94. The van der Waals surface area contributed by atoms with Gasteiger partial charge in [0.05, 0.1) is 11.2 Å². The van der Waals surface area contributed by atoms with E-state index in [0.29, 0.717) is 11.7 Å². The number of fused-ring (bicyclic) bond motifs is 2. The van der Waals surface area contributed by atoms with Crippen LogP contribution in [0.25, 0.3) is 38.9 Å². The lowest BCUT2D eigenvalue weighted by atomic mass is 9.74. The number of imidazole rings is 1. The van der Waals surface area contributed by atoms with E-state index in [2.05, 4.69) is 58.3 Å². The molecule has 1 saturated carbocycles. The van der Waals surface area contributed by atoms with Crippen LogP contribution in [0.4, 0.5) is 5.82 Å². The predicted molar refractivity (Wildman–Crippen MR) is 147 cm³/mol. The summed E-state index contributed by atoms with van der Waals surface area (Å²) >= 11 is 0. The van der Waals surface area contributed by atoms with E-state index in [0.717, 1.165) is 69.1 Å². The summed E-state index contributed by atoms with van der Waals surface area (Å²) < 4.78 is 1.94. The van der Waals surface area contributed by atoms with Crippen molar-refractivity contribution in [1.29, 1.82) is 0 Å². The van der Waals surface area contributed by atoms with Crippen molar-refractivity contribution in [2.24, 2.45) is 5.92 Å². The number of hydrogen-bond acceptors (Lipinski definition) is 6. The number of benzene rings is 2. The molecule has 1 aliphatic carbocycles. The number of aryl methyl sites for hydroxylation is 1. The minimum Gasteiger partial charge on any atom is -0.382 e. The fraction of sp³-hybridized carbons (Fsp3) is 0.333. The van der Waals surface area contributed by atoms with Gasteiger partial charge in [0, 0.05) is 29.0 Å². The van der Waals surface area contributed by atoms with Crippen LogP contribution in [0, 0.1) is 12.8 Å². The van der Waals surface area contributed by atoms with Gasteiger partial charge >= 0.3 is 0 Å². The van der Waals surface area contributed by atoms with Crippen molar-refractivity contribution in [1.82, 2.24) is 29.5 Å². The van der Waals surface area contributed by atoms with Gasteiger partial charge in [-0.15, -0.1) is 0 Å². The summed E-state index contributed by atoms with van der Waals surface area (Å²) in [5.41, 5.74) is 13.2. The third-order valence-corrected chi connectivity index (χ3v) is 8.24. The van der Waals surface area contributed by atoms with Crippen molar-refractivity contribution in [3.63, 3.8) is 0 Å². The molecule has 0 unspecified atom stereocenters. The number of nitrogens with two attached hydrogens (primary N) is 1. The van der Waals surface area contributed by atoms with Gasteiger partial charge in [-0.05, 0) is 63.2 Å². The Morgan fingerprint density at radius 1 is 0.946 bits per heavy atom. The van der Waals surface area contributed by atoms with E-state index in [9.17, 15) is 0 Å². The van der Waals surface area contributed by atoms with Crippen molar-refractivity contribution < 1.29 is 0 Å². The van der Waals surface area contributed by atoms with Gasteiger partial charge in [-0.1, -0.05) is 48.5 Å². The molecule has 186 valence electrons. The van der Waals surface area contributed by atoms with Crippen LogP contribution >= 0.6 is 0 Å². The van der Waals surface area contributed by atoms with Crippen molar-refractivity contribution in [3.05, 3.63) is 72.3 Å². The Hall–Kier alpha value is -3.84. The van der Waals surface area contributed by atoms with Gasteiger partial charge in [-0.2, -0.15) is 5.10 Å². The largest absolute Gasteiger partial charge is 0.382 e. The van der Waals surface area contributed by atoms with E-state index in [-0.39, 0.29) is 0 Å². The van der Waals surface area contributed by atoms with Crippen LogP contribution in [0.15, 0.2) is 60.9 Å². The number of likely N-dealkylation sites (tertiary alicyclic amines) is 1. The first-order valence-corrected chi connectivity index (χ1v) is 13.3. The molecular formula is C30H31N7. The number of rotatable bonds is 5. The number of hydrogen-bond donors (Lipinski definition) is 1. The molecule has 2 fully saturated rings. The average Bonchev–Trinajstić information content (AvgIpc) is 3.55. The van der Waals surface area contributed by atoms with Crippen LogP contribution < -0.4 is 5.73 Å². The first-order valence-electron chi connectivity index (χ1n) is 13.3. The molecule has 1 saturated heterocycles. The second-order valence-electron chi connectivity index (χ2n) is 10.6. The molecule has 0 amide bonds. The van der Waals surface area contributed by atoms with Gasteiger partial charge in [0.1, 0.15) is 23.4 Å². The minimum absolute atomic E-state index is 0.395. The van der Waals surface area contributed by atoms with Crippen LogP contribution in [-0.4, -0.2) is 49.1 Å². The van der Waals surface area contributed by atoms with Gasteiger partial charge in [0.2, 0.25) is 0 Å². The number of anilines is 1. The molecule has 4 heterocycles. The summed E-state index contributed by atoms with van der Waals surface area (Å²) in [5.74, 6) is 2.59. The number of pyridine rings is 1. The van der Waals surface area contributed by atoms with Crippen molar-refractivity contribution in [2.45, 2.75) is 38.5 Å². The molecule has 37 heavy (non-hydrogen) atoms. The first-order chi connectivity index (χ1) is 18.2. The monoisotopic (exact) mass is 489 g/mol. The van der Waals surface area contributed by atoms with Gasteiger partial charge in [0.15, 0.2) is 5.82 Å². The van der Waals surface area contributed by atoms with E-state index >= 15 is 0 Å². The Kier molecular flexibility index (Phi) is 5.39. The Labute approximate surface area is 216 Å². The molecule has 3 aromatic heterocycles. The highest BCUT2D eigenvalue weighted by atomic mass is 15.3. The van der Waals surface area contributed by atoms with Gasteiger partial charge in [-0.3, -0.25) is 0 Å². The highest BCUT2D eigenvalue weighted by Crippen LogP contribution is 2.44. The maximum Gasteiger partial charge on any atom is 0.153 e. The van der Waals surface area contributed by atoms with Crippen LogP contribution in [0.1, 0.15) is 43.0 Å². The first kappa shape index (κ1) is 22.4. The Morgan fingerprint density at radius 3 is 2.54 bits per heavy atom. The lowest BCUT2D eigenvalue weighted by Crippen LogP contribution is -2.34. The van der Waals surface area contributed by atoms with Crippen LogP contribution in [-0.2, 0) is 0 Å². The SMILES string of the molecule is Cc1c(-c2nc(C3CC(CN4CCCC4)C3)n3ncnc(N)c23)ccc2ccc(-c3ccccc3)nc12. The number of nitrogen functional groups attached to an aromatic ring is 1. The van der Waals surface area contributed by atoms with E-state index in [1.807, 2.05) is 22.7 Å². The molecule has 0 radical (unpaired) electrons. The van der Waals surface area contributed by atoms with Gasteiger partial charge in [-0.25, -0.2) is 19.5 Å². The van der Waals surface area contributed by atoms with E-state index in [1.54, 1.807) is 6.33 Å². The average molecular weight is 490 g/mol. The molecule has 2 N–H and O–H groups in total. The number of aromatic nitrogens is 5. The highest BCUT2D eigenvalue weighted by Gasteiger charge is 2.36. The zero-order valence-electron chi connectivity index (χ0n) is 21.1. The van der Waals surface area contributed by atoms with Crippen molar-refractivity contribution >= 4 is 22.2 Å². The maximum absolute atomic E-state index is 6.43. The minimum atomic E-state index is 0.395. The summed E-state index contributed by atoms with van der Waals surface area (Å²) in [6.07, 6.45) is 6.52. The third-order valence-electron chi connectivity index (χ3n) is 8.24.